The molecule has 0 radical (unpaired) electrons. The van der Waals surface area contributed by atoms with Crippen LogP contribution in [0.4, 0.5) is 4.39 Å². The normalized spacial score (nSPS) is 14.4. The number of piperidine rings is 1. The molecule has 0 aliphatic carbocycles. The Bertz CT molecular complexity index is 1420. The summed E-state index contributed by atoms with van der Waals surface area (Å²) in [6, 6.07) is 23.5. The molecule has 1 N–H and O–H groups in total. The van der Waals surface area contributed by atoms with Gasteiger partial charge in [0.25, 0.3) is 5.91 Å². The predicted molar refractivity (Wildman–Crippen MR) is 153 cm³/mol. The number of benzene rings is 3. The Labute approximate surface area is 229 Å². The Hall–Kier alpha value is -3.81. The number of amides is 1. The minimum atomic E-state index is -0.309. The van der Waals surface area contributed by atoms with Crippen LogP contribution in [0.3, 0.4) is 0 Å². The van der Waals surface area contributed by atoms with Gasteiger partial charge in [-0.25, -0.2) is 4.39 Å². The third-order valence-corrected chi connectivity index (χ3v) is 7.37. The van der Waals surface area contributed by atoms with E-state index in [1.165, 1.54) is 12.1 Å². The average molecular weight is 527 g/mol. The number of carbonyl (C=O) groups excluding carboxylic acids is 1. The maximum atomic E-state index is 14.3. The van der Waals surface area contributed by atoms with E-state index in [2.05, 4.69) is 16.3 Å². The Morgan fingerprint density at radius 2 is 1.79 bits per heavy atom. The van der Waals surface area contributed by atoms with E-state index in [9.17, 15) is 9.18 Å². The van der Waals surface area contributed by atoms with Crippen molar-refractivity contribution in [3.63, 3.8) is 0 Å². The van der Waals surface area contributed by atoms with Gasteiger partial charge in [-0.3, -0.25) is 9.78 Å². The number of likely N-dealkylation sites (tertiary alicyclic amines) is 1. The van der Waals surface area contributed by atoms with Gasteiger partial charge in [-0.15, -0.1) is 0 Å². The van der Waals surface area contributed by atoms with Gasteiger partial charge in [0.05, 0.1) is 5.52 Å². The Morgan fingerprint density at radius 3 is 2.56 bits per heavy atom. The van der Waals surface area contributed by atoms with E-state index >= 15 is 0 Å². The Balaban J connectivity index is 1.35. The number of fused-ring (bicyclic) bond motifs is 1. The van der Waals surface area contributed by atoms with Crippen molar-refractivity contribution >= 4 is 16.8 Å². The highest BCUT2D eigenvalue weighted by atomic mass is 19.1. The molecule has 7 heteroatoms. The zero-order chi connectivity index (χ0) is 27.2. The molecule has 1 saturated heterocycles. The molecule has 1 aliphatic rings. The summed E-state index contributed by atoms with van der Waals surface area (Å²) in [6.07, 6.45) is 2.07. The van der Waals surface area contributed by atoms with Gasteiger partial charge in [0.15, 0.2) is 0 Å². The van der Waals surface area contributed by atoms with Crippen LogP contribution in [0.1, 0.15) is 40.4 Å². The average Bonchev–Trinajstić information content (AvgIpc) is 2.96. The summed E-state index contributed by atoms with van der Waals surface area (Å²) in [7, 11) is 3.76. The Morgan fingerprint density at radius 1 is 1.03 bits per heavy atom. The van der Waals surface area contributed by atoms with Crippen molar-refractivity contribution < 1.29 is 13.9 Å². The predicted octanol–water partition coefficient (Wildman–Crippen LogP) is 5.84. The number of likely N-dealkylation sites (N-methyl/N-ethyl adjacent to an activating group) is 1. The molecule has 0 atom stereocenters. The molecule has 0 bridgehead atoms. The van der Waals surface area contributed by atoms with Crippen molar-refractivity contribution in [1.29, 1.82) is 0 Å². The fraction of sp³-hybridized carbons (Fsp3) is 0.312. The highest BCUT2D eigenvalue weighted by Gasteiger charge is 2.23. The van der Waals surface area contributed by atoms with E-state index in [4.69, 9.17) is 9.72 Å². The maximum absolute atomic E-state index is 14.3. The van der Waals surface area contributed by atoms with Crippen LogP contribution in [0, 0.1) is 5.82 Å². The summed E-state index contributed by atoms with van der Waals surface area (Å²) in [4.78, 5) is 22.5. The van der Waals surface area contributed by atoms with Crippen molar-refractivity contribution in [2.24, 2.45) is 0 Å². The molecule has 202 valence electrons. The SMILES string of the molecule is CNCCN1CCC(c2cc(CN(C)C(=O)c3cccc(Oc4ccccc4)c3)c3cc(F)ccc3n2)CC1. The molecule has 3 aromatic carbocycles. The van der Waals surface area contributed by atoms with Crippen LogP contribution in [0.2, 0.25) is 0 Å². The first-order valence-electron chi connectivity index (χ1n) is 13.5. The van der Waals surface area contributed by atoms with Crippen LogP contribution in [0.25, 0.3) is 10.9 Å². The third-order valence-electron chi connectivity index (χ3n) is 7.37. The fourth-order valence-corrected chi connectivity index (χ4v) is 5.22. The van der Waals surface area contributed by atoms with E-state index in [0.717, 1.165) is 61.2 Å². The van der Waals surface area contributed by atoms with Gasteiger partial charge in [-0.1, -0.05) is 24.3 Å². The molecule has 6 nitrogen and oxygen atoms in total. The summed E-state index contributed by atoms with van der Waals surface area (Å²) in [6.45, 7) is 4.44. The van der Waals surface area contributed by atoms with E-state index < -0.39 is 0 Å². The lowest BCUT2D eigenvalue weighted by atomic mass is 9.91. The van der Waals surface area contributed by atoms with Crippen LogP contribution in [-0.2, 0) is 6.54 Å². The number of para-hydroxylation sites is 1. The number of rotatable bonds is 9. The van der Waals surface area contributed by atoms with Gasteiger partial charge in [-0.2, -0.15) is 0 Å². The minimum Gasteiger partial charge on any atom is -0.457 e. The van der Waals surface area contributed by atoms with Crippen molar-refractivity contribution in [3.05, 3.63) is 102 Å². The van der Waals surface area contributed by atoms with Crippen LogP contribution in [0.15, 0.2) is 78.9 Å². The van der Waals surface area contributed by atoms with Gasteiger partial charge in [0.1, 0.15) is 17.3 Å². The first-order chi connectivity index (χ1) is 19.0. The summed E-state index contributed by atoms with van der Waals surface area (Å²) >= 11 is 0. The van der Waals surface area contributed by atoms with Crippen LogP contribution in [0.5, 0.6) is 11.5 Å². The lowest BCUT2D eigenvalue weighted by Gasteiger charge is -2.32. The second-order valence-corrected chi connectivity index (χ2v) is 10.2. The molecule has 1 aliphatic heterocycles. The van der Waals surface area contributed by atoms with Crippen LogP contribution < -0.4 is 10.1 Å². The fourth-order valence-electron chi connectivity index (χ4n) is 5.22. The van der Waals surface area contributed by atoms with E-state index in [-0.39, 0.29) is 11.7 Å². The summed E-state index contributed by atoms with van der Waals surface area (Å²) < 4.78 is 20.2. The monoisotopic (exact) mass is 526 g/mol. The van der Waals surface area contributed by atoms with Crippen molar-refractivity contribution in [1.82, 2.24) is 20.1 Å². The second kappa shape index (κ2) is 12.4. The highest BCUT2D eigenvalue weighted by Crippen LogP contribution is 2.31. The van der Waals surface area contributed by atoms with Crippen molar-refractivity contribution in [3.8, 4) is 11.5 Å². The number of carbonyl (C=O) groups is 1. The minimum absolute atomic E-state index is 0.130. The molecule has 1 fully saturated rings. The van der Waals surface area contributed by atoms with Crippen molar-refractivity contribution in [2.45, 2.75) is 25.3 Å². The molecule has 1 aromatic heterocycles. The second-order valence-electron chi connectivity index (χ2n) is 10.2. The first-order valence-corrected chi connectivity index (χ1v) is 13.5. The quantitative estimate of drug-likeness (QED) is 0.297. The maximum Gasteiger partial charge on any atom is 0.254 e. The number of pyridine rings is 1. The van der Waals surface area contributed by atoms with Crippen LogP contribution >= 0.6 is 0 Å². The molecule has 0 unspecified atom stereocenters. The molecular formula is C32H35FN4O2. The largest absolute Gasteiger partial charge is 0.457 e. The third kappa shape index (κ3) is 6.61. The molecule has 2 heterocycles. The number of halogens is 1. The van der Waals surface area contributed by atoms with E-state index in [1.54, 1.807) is 30.1 Å². The first kappa shape index (κ1) is 26.8. The van der Waals surface area contributed by atoms with E-state index in [0.29, 0.717) is 29.5 Å². The topological polar surface area (TPSA) is 57.7 Å². The van der Waals surface area contributed by atoms with Gasteiger partial charge in [0.2, 0.25) is 0 Å². The molecule has 5 rings (SSSR count). The molecule has 1 amide bonds. The summed E-state index contributed by atoms with van der Waals surface area (Å²) in [5, 5.41) is 3.96. The summed E-state index contributed by atoms with van der Waals surface area (Å²) in [5.41, 5.74) is 3.22. The van der Waals surface area contributed by atoms with Gasteiger partial charge >= 0.3 is 0 Å². The number of ether oxygens (including phenoxy) is 1. The van der Waals surface area contributed by atoms with Gasteiger partial charge < -0.3 is 19.9 Å². The molecule has 0 spiro atoms. The van der Waals surface area contributed by atoms with Crippen LogP contribution in [-0.4, -0.2) is 61.0 Å². The van der Waals surface area contributed by atoms with Crippen molar-refractivity contribution in [2.75, 3.05) is 40.3 Å². The van der Waals surface area contributed by atoms with E-state index in [1.807, 2.05) is 49.5 Å². The molecule has 0 saturated carbocycles. The Kier molecular flexibility index (Phi) is 8.49. The number of aromatic nitrogens is 1. The zero-order valence-electron chi connectivity index (χ0n) is 22.6. The number of nitrogens with one attached hydrogen (secondary N) is 1. The summed E-state index contributed by atoms with van der Waals surface area (Å²) in [5.74, 6) is 1.21. The molecule has 39 heavy (non-hydrogen) atoms. The smallest absolute Gasteiger partial charge is 0.254 e. The number of hydrogen-bond acceptors (Lipinski definition) is 5. The molecule has 4 aromatic rings. The lowest BCUT2D eigenvalue weighted by Crippen LogP contribution is -2.37. The zero-order valence-corrected chi connectivity index (χ0v) is 22.6. The standard InChI is InChI=1S/C32H35FN4O2/c1-34-15-18-37-16-13-23(14-17-37)31-20-25(29-21-26(33)11-12-30(29)35-31)22-36(2)32(38)24-7-6-10-28(19-24)39-27-8-4-3-5-9-27/h3-12,19-21,23,34H,13-18,22H2,1-2H3. The van der Waals surface area contributed by atoms with Gasteiger partial charge in [-0.05, 0) is 93.1 Å². The highest BCUT2D eigenvalue weighted by molar-refractivity contribution is 5.94. The number of nitrogens with zero attached hydrogens (tertiary/aromatic N) is 3. The lowest BCUT2D eigenvalue weighted by molar-refractivity contribution is 0.0785. The number of hydrogen-bond donors (Lipinski definition) is 1. The molecular weight excluding hydrogens is 491 g/mol. The van der Waals surface area contributed by atoms with Gasteiger partial charge in [0, 0.05) is 49.2 Å².